The molecule has 0 saturated carbocycles. The third-order valence-electron chi connectivity index (χ3n) is 3.44. The molecule has 3 rings (SSSR count). The molecule has 0 spiro atoms. The molecule has 0 fully saturated rings. The second-order valence-corrected chi connectivity index (χ2v) is 8.08. The molecule has 128 valence electrons. The van der Waals surface area contributed by atoms with Crippen molar-refractivity contribution < 1.29 is 17.7 Å². The number of nitrogens with zero attached hydrogens (tertiary/aromatic N) is 4. The summed E-state index contributed by atoms with van der Waals surface area (Å²) < 4.78 is 52.2. The molecule has 24 heavy (non-hydrogen) atoms. The molecule has 10 heteroatoms. The van der Waals surface area contributed by atoms with Gasteiger partial charge >= 0.3 is 6.18 Å². The average molecular weight is 374 g/mol. The topological polar surface area (TPSA) is 66.7 Å². The lowest BCUT2D eigenvalue weighted by Crippen LogP contribution is -2.09. The highest BCUT2D eigenvalue weighted by Gasteiger charge is 2.34. The highest BCUT2D eigenvalue weighted by molar-refractivity contribution is 7.91. The smallest absolute Gasteiger partial charge is 0.435 e. The number of aromatic nitrogens is 4. The fourth-order valence-corrected chi connectivity index (χ4v) is 4.63. The SMILES string of the molecule is CC[S+]([O-])c1cc(C)sc1-c1nc2cc(C(F)(F)F)nnc2n1C. The number of hydrogen-bond donors (Lipinski definition) is 0. The van der Waals surface area contributed by atoms with Gasteiger partial charge in [-0.1, -0.05) is 0 Å². The highest BCUT2D eigenvalue weighted by Crippen LogP contribution is 2.37. The van der Waals surface area contributed by atoms with E-state index < -0.39 is 23.0 Å². The zero-order valence-corrected chi connectivity index (χ0v) is 14.6. The van der Waals surface area contributed by atoms with E-state index in [1.54, 1.807) is 11.6 Å². The van der Waals surface area contributed by atoms with E-state index >= 15 is 0 Å². The van der Waals surface area contributed by atoms with Gasteiger partial charge in [-0.25, -0.2) is 4.98 Å². The summed E-state index contributed by atoms with van der Waals surface area (Å²) in [6.45, 7) is 3.69. The standard InChI is InChI=1S/C14H13F3N4OS2/c1-4-24(22)9-5-7(2)23-11(9)13-18-8-6-10(14(15,16)17)19-20-12(8)21(13)3/h5-6H,4H2,1-3H3. The Labute approximate surface area is 142 Å². The minimum absolute atomic E-state index is 0.106. The molecule has 0 bridgehead atoms. The number of thiophene rings is 1. The van der Waals surface area contributed by atoms with Crippen LogP contribution in [0.1, 0.15) is 17.5 Å². The van der Waals surface area contributed by atoms with Crippen LogP contribution in [0.2, 0.25) is 0 Å². The minimum Gasteiger partial charge on any atom is -0.611 e. The molecule has 0 aliphatic rings. The van der Waals surface area contributed by atoms with Crippen LogP contribution in [0.4, 0.5) is 13.2 Å². The van der Waals surface area contributed by atoms with Crippen molar-refractivity contribution in [2.75, 3.05) is 5.75 Å². The minimum atomic E-state index is -4.58. The summed E-state index contributed by atoms with van der Waals surface area (Å²) in [6.07, 6.45) is -4.58. The van der Waals surface area contributed by atoms with Crippen LogP contribution in [-0.4, -0.2) is 30.1 Å². The quantitative estimate of drug-likeness (QED) is 0.658. The monoisotopic (exact) mass is 374 g/mol. The Bertz CT molecular complexity index is 903. The molecule has 3 aromatic rings. The van der Waals surface area contributed by atoms with Gasteiger partial charge in [0.15, 0.2) is 22.1 Å². The van der Waals surface area contributed by atoms with E-state index in [1.165, 1.54) is 11.3 Å². The number of hydrogen-bond acceptors (Lipinski definition) is 5. The Morgan fingerprint density at radius 3 is 2.62 bits per heavy atom. The van der Waals surface area contributed by atoms with Gasteiger partial charge in [0.05, 0.1) is 0 Å². The second kappa shape index (κ2) is 6.01. The predicted molar refractivity (Wildman–Crippen MR) is 86.3 cm³/mol. The lowest BCUT2D eigenvalue weighted by Gasteiger charge is -2.08. The van der Waals surface area contributed by atoms with Crippen LogP contribution in [0.3, 0.4) is 0 Å². The van der Waals surface area contributed by atoms with E-state index in [0.29, 0.717) is 21.3 Å². The van der Waals surface area contributed by atoms with Crippen molar-refractivity contribution in [2.45, 2.75) is 24.9 Å². The molecule has 0 aliphatic carbocycles. The Balaban J connectivity index is 2.19. The number of halogens is 3. The van der Waals surface area contributed by atoms with Crippen LogP contribution in [0.5, 0.6) is 0 Å². The Kier molecular flexibility index (Phi) is 4.30. The highest BCUT2D eigenvalue weighted by atomic mass is 32.2. The maximum Gasteiger partial charge on any atom is 0.435 e. The normalized spacial score (nSPS) is 13.6. The maximum absolute atomic E-state index is 12.8. The number of imidazole rings is 1. The molecule has 5 nitrogen and oxygen atoms in total. The van der Waals surface area contributed by atoms with Crippen LogP contribution in [0.15, 0.2) is 17.0 Å². The summed E-state index contributed by atoms with van der Waals surface area (Å²) in [5.74, 6) is 0.888. The average Bonchev–Trinajstić information content (AvgIpc) is 3.06. The molecule has 0 amide bonds. The number of alkyl halides is 3. The summed E-state index contributed by atoms with van der Waals surface area (Å²) in [5, 5.41) is 6.89. The van der Waals surface area contributed by atoms with E-state index in [4.69, 9.17) is 0 Å². The molecule has 0 N–H and O–H groups in total. The molecule has 3 aromatic heterocycles. The molecule has 3 heterocycles. The van der Waals surface area contributed by atoms with Gasteiger partial charge < -0.3 is 9.12 Å². The van der Waals surface area contributed by atoms with Crippen LogP contribution in [-0.2, 0) is 24.4 Å². The maximum atomic E-state index is 12.8. The van der Waals surface area contributed by atoms with Gasteiger partial charge in [0.1, 0.15) is 16.1 Å². The summed E-state index contributed by atoms with van der Waals surface area (Å²) in [5.41, 5.74) is -0.731. The van der Waals surface area contributed by atoms with Crippen molar-refractivity contribution in [1.82, 2.24) is 19.7 Å². The van der Waals surface area contributed by atoms with Crippen molar-refractivity contribution in [3.63, 3.8) is 0 Å². The third kappa shape index (κ3) is 2.89. The van der Waals surface area contributed by atoms with Crippen LogP contribution < -0.4 is 0 Å². The largest absolute Gasteiger partial charge is 0.611 e. The van der Waals surface area contributed by atoms with Gasteiger partial charge in [-0.05, 0) is 25.0 Å². The fourth-order valence-electron chi connectivity index (χ4n) is 2.30. The molecule has 0 aromatic carbocycles. The van der Waals surface area contributed by atoms with Crippen molar-refractivity contribution in [1.29, 1.82) is 0 Å². The van der Waals surface area contributed by atoms with E-state index in [1.807, 2.05) is 19.9 Å². The van der Waals surface area contributed by atoms with Crippen molar-refractivity contribution in [3.05, 3.63) is 22.7 Å². The summed E-state index contributed by atoms with van der Waals surface area (Å²) in [4.78, 5) is 6.56. The molecule has 0 radical (unpaired) electrons. The lowest BCUT2D eigenvalue weighted by atomic mass is 10.3. The zero-order chi connectivity index (χ0) is 17.6. The Hall–Kier alpha value is -1.65. The van der Waals surface area contributed by atoms with Gasteiger partial charge in [0.2, 0.25) is 0 Å². The van der Waals surface area contributed by atoms with Crippen molar-refractivity contribution in [3.8, 4) is 10.7 Å². The zero-order valence-electron chi connectivity index (χ0n) is 13.0. The molecule has 0 saturated heterocycles. The molecular formula is C14H13F3N4OS2. The third-order valence-corrected chi connectivity index (χ3v) is 5.95. The van der Waals surface area contributed by atoms with E-state index in [9.17, 15) is 17.7 Å². The first-order valence-corrected chi connectivity index (χ1v) is 9.12. The first-order chi connectivity index (χ1) is 11.2. The van der Waals surface area contributed by atoms with E-state index in [-0.39, 0.29) is 11.2 Å². The van der Waals surface area contributed by atoms with E-state index in [0.717, 1.165) is 10.9 Å². The van der Waals surface area contributed by atoms with Crippen molar-refractivity contribution in [2.24, 2.45) is 7.05 Å². The molecule has 1 unspecified atom stereocenters. The molecule has 0 aliphatic heterocycles. The van der Waals surface area contributed by atoms with Crippen LogP contribution in [0, 0.1) is 6.92 Å². The predicted octanol–water partition coefficient (Wildman–Crippen LogP) is 3.55. The van der Waals surface area contributed by atoms with Gasteiger partial charge in [0.25, 0.3) is 0 Å². The van der Waals surface area contributed by atoms with Crippen LogP contribution in [0.25, 0.3) is 21.9 Å². The number of fused-ring (bicyclic) bond motifs is 1. The number of aryl methyl sites for hydroxylation is 2. The summed E-state index contributed by atoms with van der Waals surface area (Å²) in [7, 11) is 1.65. The Morgan fingerprint density at radius 2 is 2.00 bits per heavy atom. The second-order valence-electron chi connectivity index (χ2n) is 5.12. The van der Waals surface area contributed by atoms with Crippen molar-refractivity contribution >= 4 is 33.7 Å². The molecular weight excluding hydrogens is 361 g/mol. The van der Waals surface area contributed by atoms with Gasteiger partial charge in [-0.2, -0.15) is 13.2 Å². The number of rotatable bonds is 3. The van der Waals surface area contributed by atoms with Crippen LogP contribution >= 0.6 is 11.3 Å². The first-order valence-electron chi connectivity index (χ1n) is 6.99. The lowest BCUT2D eigenvalue weighted by molar-refractivity contribution is -0.141. The van der Waals surface area contributed by atoms with Gasteiger partial charge in [0, 0.05) is 24.1 Å². The summed E-state index contributed by atoms with van der Waals surface area (Å²) >= 11 is 0.215. The van der Waals surface area contributed by atoms with E-state index in [2.05, 4.69) is 15.2 Å². The van der Waals surface area contributed by atoms with Gasteiger partial charge in [-0.3, -0.25) is 0 Å². The van der Waals surface area contributed by atoms with Gasteiger partial charge in [-0.15, -0.1) is 21.5 Å². The summed E-state index contributed by atoms with van der Waals surface area (Å²) in [6, 6.07) is 2.70. The first kappa shape index (κ1) is 17.2. The molecule has 1 atom stereocenters. The fraction of sp³-hybridized carbons (Fsp3) is 0.357. The Morgan fingerprint density at radius 1 is 1.29 bits per heavy atom.